The Balaban J connectivity index is 1.60. The molecule has 1 atom stereocenters. The van der Waals surface area contributed by atoms with Gasteiger partial charge in [0.05, 0.1) is 17.9 Å². The van der Waals surface area contributed by atoms with Gasteiger partial charge in [-0.2, -0.15) is 13.2 Å². The van der Waals surface area contributed by atoms with E-state index < -0.39 is 17.8 Å². The fourth-order valence-corrected chi connectivity index (χ4v) is 5.67. The number of nitrogens with zero attached hydrogens (tertiary/aromatic N) is 1. The first-order valence-corrected chi connectivity index (χ1v) is 12.1. The predicted molar refractivity (Wildman–Crippen MR) is 129 cm³/mol. The highest BCUT2D eigenvalue weighted by atomic mass is 32.1. The first-order chi connectivity index (χ1) is 16.9. The first-order valence-electron chi connectivity index (χ1n) is 11.2. The minimum atomic E-state index is -4.42. The molecule has 4 aromatic rings. The highest BCUT2D eigenvalue weighted by Crippen LogP contribution is 2.45. The molecule has 1 aliphatic carbocycles. The molecule has 1 amide bonds. The third-order valence-corrected chi connectivity index (χ3v) is 7.22. The number of amides is 1. The minimum Gasteiger partial charge on any atom is -0.459 e. The average Bonchev–Trinajstić information content (AvgIpc) is 3.51. The highest BCUT2D eigenvalue weighted by molar-refractivity contribution is 7.16. The van der Waals surface area contributed by atoms with Gasteiger partial charge >= 0.3 is 6.18 Å². The summed E-state index contributed by atoms with van der Waals surface area (Å²) in [6, 6.07) is 13.3. The van der Waals surface area contributed by atoms with Crippen molar-refractivity contribution >= 4 is 28.1 Å². The Hall–Kier alpha value is -3.59. The van der Waals surface area contributed by atoms with Crippen molar-refractivity contribution in [3.05, 3.63) is 99.9 Å². The fourth-order valence-electron chi connectivity index (χ4n) is 4.34. The molecule has 35 heavy (non-hydrogen) atoms. The van der Waals surface area contributed by atoms with E-state index in [9.17, 15) is 18.0 Å². The largest absolute Gasteiger partial charge is 0.459 e. The normalized spacial score (nSPS) is 14.3. The van der Waals surface area contributed by atoms with Crippen molar-refractivity contribution < 1.29 is 22.4 Å². The van der Waals surface area contributed by atoms with Gasteiger partial charge in [0.15, 0.2) is 5.76 Å². The van der Waals surface area contributed by atoms with Crippen LogP contribution in [-0.2, 0) is 19.0 Å². The number of furan rings is 1. The number of hydrogen-bond donors (Lipinski definition) is 2. The number of anilines is 2. The second kappa shape index (κ2) is 9.58. The zero-order valence-electron chi connectivity index (χ0n) is 18.6. The molecular formula is C26H22F3N3O2S. The number of benzene rings is 1. The summed E-state index contributed by atoms with van der Waals surface area (Å²) < 4.78 is 44.9. The molecule has 2 N–H and O–H groups in total. The second-order valence-corrected chi connectivity index (χ2v) is 9.40. The highest BCUT2D eigenvalue weighted by Gasteiger charge is 2.32. The van der Waals surface area contributed by atoms with E-state index in [0.717, 1.165) is 48.9 Å². The fraction of sp³-hybridized carbons (Fsp3) is 0.231. The zero-order valence-corrected chi connectivity index (χ0v) is 19.4. The summed E-state index contributed by atoms with van der Waals surface area (Å²) in [7, 11) is 0. The van der Waals surface area contributed by atoms with Gasteiger partial charge in [0, 0.05) is 16.6 Å². The number of thiophene rings is 1. The Labute approximate surface area is 204 Å². The monoisotopic (exact) mass is 497 g/mol. The smallest absolute Gasteiger partial charge is 0.416 e. The van der Waals surface area contributed by atoms with Crippen LogP contribution in [0, 0.1) is 0 Å². The second-order valence-electron chi connectivity index (χ2n) is 8.30. The number of nitrogens with one attached hydrogen (secondary N) is 2. The number of carbonyl (C=O) groups is 1. The van der Waals surface area contributed by atoms with Crippen LogP contribution in [0.25, 0.3) is 0 Å². The molecule has 0 bridgehead atoms. The zero-order chi connectivity index (χ0) is 24.4. The molecule has 0 unspecified atom stereocenters. The first kappa shape index (κ1) is 23.2. The van der Waals surface area contributed by atoms with Crippen LogP contribution in [0.4, 0.5) is 24.0 Å². The molecule has 0 saturated heterocycles. The number of aryl methyl sites for hydroxylation is 1. The Morgan fingerprint density at radius 1 is 1.03 bits per heavy atom. The molecule has 5 rings (SSSR count). The molecule has 1 aromatic carbocycles. The Kier molecular flexibility index (Phi) is 6.34. The van der Waals surface area contributed by atoms with Crippen LogP contribution in [0.3, 0.4) is 0 Å². The topological polar surface area (TPSA) is 67.2 Å². The van der Waals surface area contributed by atoms with Crippen LogP contribution in [0.1, 0.15) is 56.6 Å². The van der Waals surface area contributed by atoms with Gasteiger partial charge in [-0.15, -0.1) is 11.3 Å². The van der Waals surface area contributed by atoms with Crippen LogP contribution in [0.15, 0.2) is 71.5 Å². The van der Waals surface area contributed by atoms with Gasteiger partial charge in [0.25, 0.3) is 5.91 Å². The summed E-state index contributed by atoms with van der Waals surface area (Å²) in [5.74, 6) is 0.390. The van der Waals surface area contributed by atoms with Crippen LogP contribution < -0.4 is 10.6 Å². The van der Waals surface area contributed by atoms with E-state index in [1.165, 1.54) is 34.6 Å². The molecule has 3 aromatic heterocycles. The van der Waals surface area contributed by atoms with Gasteiger partial charge in [0.1, 0.15) is 10.8 Å². The van der Waals surface area contributed by atoms with Gasteiger partial charge in [-0.25, -0.2) is 4.98 Å². The summed E-state index contributed by atoms with van der Waals surface area (Å²) in [5.41, 5.74) is 1.92. The number of hydrogen-bond acceptors (Lipinski definition) is 5. The van der Waals surface area contributed by atoms with Gasteiger partial charge in [0.2, 0.25) is 0 Å². The Morgan fingerprint density at radius 2 is 1.83 bits per heavy atom. The molecule has 0 spiro atoms. The lowest BCUT2D eigenvalue weighted by atomic mass is 9.89. The molecule has 0 aliphatic heterocycles. The molecule has 3 heterocycles. The summed E-state index contributed by atoms with van der Waals surface area (Å²) >= 11 is 1.51. The lowest BCUT2D eigenvalue weighted by molar-refractivity contribution is -0.137. The van der Waals surface area contributed by atoms with E-state index in [1.807, 2.05) is 6.07 Å². The van der Waals surface area contributed by atoms with Crippen molar-refractivity contribution in [2.75, 3.05) is 10.6 Å². The Bertz CT molecular complexity index is 1300. The molecule has 5 nitrogen and oxygen atoms in total. The van der Waals surface area contributed by atoms with E-state index >= 15 is 0 Å². The predicted octanol–water partition coefficient (Wildman–Crippen LogP) is 7.09. The van der Waals surface area contributed by atoms with Crippen LogP contribution >= 0.6 is 11.3 Å². The summed E-state index contributed by atoms with van der Waals surface area (Å²) in [6.45, 7) is 0. The number of alkyl halides is 3. The number of aromatic nitrogens is 1. The van der Waals surface area contributed by atoms with Crippen molar-refractivity contribution in [3.8, 4) is 0 Å². The number of rotatable bonds is 6. The molecule has 0 radical (unpaired) electrons. The van der Waals surface area contributed by atoms with E-state index in [2.05, 4.69) is 15.6 Å². The molecular weight excluding hydrogens is 475 g/mol. The third-order valence-electron chi connectivity index (χ3n) is 6.00. The summed E-state index contributed by atoms with van der Waals surface area (Å²) in [4.78, 5) is 18.4. The molecule has 1 aliphatic rings. The number of halogens is 3. The Morgan fingerprint density at radius 3 is 2.51 bits per heavy atom. The van der Waals surface area contributed by atoms with Crippen LogP contribution in [0.5, 0.6) is 0 Å². The van der Waals surface area contributed by atoms with Gasteiger partial charge < -0.3 is 15.1 Å². The molecule has 180 valence electrons. The van der Waals surface area contributed by atoms with Gasteiger partial charge in [-0.3, -0.25) is 4.79 Å². The van der Waals surface area contributed by atoms with Gasteiger partial charge in [-0.05, 0) is 73.2 Å². The molecule has 9 heteroatoms. The van der Waals surface area contributed by atoms with Crippen molar-refractivity contribution in [2.24, 2.45) is 0 Å². The quantitative estimate of drug-likeness (QED) is 0.299. The summed E-state index contributed by atoms with van der Waals surface area (Å²) in [6.07, 6.45) is 2.44. The third kappa shape index (κ3) is 4.95. The number of carbonyl (C=O) groups excluding carboxylic acids is 1. The van der Waals surface area contributed by atoms with Crippen molar-refractivity contribution in [2.45, 2.75) is 37.9 Å². The lowest BCUT2D eigenvalue weighted by Crippen LogP contribution is -2.19. The SMILES string of the molecule is O=C(Nc1sc2c(c1[C@@H](Nc1ccccn1)c1ccc(C(F)(F)F)cc1)CCCC2)c1ccco1. The van der Waals surface area contributed by atoms with Crippen molar-refractivity contribution in [1.29, 1.82) is 0 Å². The van der Waals surface area contributed by atoms with E-state index in [1.54, 1.807) is 30.5 Å². The van der Waals surface area contributed by atoms with Crippen LogP contribution in [-0.4, -0.2) is 10.9 Å². The summed E-state index contributed by atoms with van der Waals surface area (Å²) in [5, 5.41) is 7.04. The van der Waals surface area contributed by atoms with Crippen molar-refractivity contribution in [3.63, 3.8) is 0 Å². The van der Waals surface area contributed by atoms with Crippen LogP contribution in [0.2, 0.25) is 0 Å². The maximum atomic E-state index is 13.2. The minimum absolute atomic E-state index is 0.186. The average molecular weight is 498 g/mol. The molecule has 0 fully saturated rings. The van der Waals surface area contributed by atoms with E-state index in [-0.39, 0.29) is 11.7 Å². The maximum absolute atomic E-state index is 13.2. The number of fused-ring (bicyclic) bond motifs is 1. The van der Waals surface area contributed by atoms with Gasteiger partial charge in [-0.1, -0.05) is 18.2 Å². The maximum Gasteiger partial charge on any atom is 0.416 e. The lowest BCUT2D eigenvalue weighted by Gasteiger charge is -2.24. The molecule has 0 saturated carbocycles. The van der Waals surface area contributed by atoms with E-state index in [4.69, 9.17) is 4.42 Å². The van der Waals surface area contributed by atoms with E-state index in [0.29, 0.717) is 16.4 Å². The number of pyridine rings is 1. The van der Waals surface area contributed by atoms with Crippen molar-refractivity contribution in [1.82, 2.24) is 4.98 Å². The standard InChI is InChI=1S/C26H22F3N3O2S/c27-26(28,29)17-12-10-16(11-13-17)23(31-21-9-3-4-14-30-21)22-18-6-1-2-8-20(18)35-25(22)32-24(33)19-7-5-15-34-19/h3-5,7,9-15,23H,1-2,6,8H2,(H,30,31)(H,32,33)/t23-/m0/s1.